The molecule has 2 aromatic carbocycles. The summed E-state index contributed by atoms with van der Waals surface area (Å²) in [4.78, 5) is 30.6. The summed E-state index contributed by atoms with van der Waals surface area (Å²) in [5.41, 5.74) is 1.39. The van der Waals surface area contributed by atoms with Crippen molar-refractivity contribution >= 4 is 57.1 Å². The average Bonchev–Trinajstić information content (AvgIpc) is 2.64. The van der Waals surface area contributed by atoms with Crippen LogP contribution in [0.5, 0.6) is 0 Å². The maximum atomic E-state index is 11.6. The van der Waals surface area contributed by atoms with Gasteiger partial charge in [-0.1, -0.05) is 12.1 Å². The number of nitro groups is 1. The number of carbonyl (C=O) groups is 1. The smallest absolute Gasteiger partial charge is 0.334 e. The zero-order valence-corrected chi connectivity index (χ0v) is 16.3. The number of nitrogens with zero attached hydrogens (tertiary/aromatic N) is 3. The first-order chi connectivity index (χ1) is 12.9. The molecule has 0 radical (unpaired) electrons. The Labute approximate surface area is 168 Å². The summed E-state index contributed by atoms with van der Waals surface area (Å²) in [7, 11) is 0. The van der Waals surface area contributed by atoms with Crippen LogP contribution in [-0.2, 0) is 0 Å². The molecule has 1 heterocycles. The van der Waals surface area contributed by atoms with Crippen LogP contribution in [0.15, 0.2) is 54.9 Å². The highest BCUT2D eigenvalue weighted by Gasteiger charge is 2.23. The minimum absolute atomic E-state index is 0.0312. The van der Waals surface area contributed by atoms with Gasteiger partial charge in [0.25, 0.3) is 0 Å². The molecule has 0 unspecified atom stereocenters. The van der Waals surface area contributed by atoms with Crippen LogP contribution < -0.4 is 10.6 Å². The zero-order valence-electron chi connectivity index (χ0n) is 14.1. The van der Waals surface area contributed by atoms with E-state index in [4.69, 9.17) is 0 Å². The summed E-state index contributed by atoms with van der Waals surface area (Å²) >= 11 is 2.17. The second kappa shape index (κ2) is 8.08. The number of ketones is 1. The minimum atomic E-state index is -0.549. The number of Topliss-reactive ketones (excluding diaryl/α,β-unsaturated/α-hetero) is 1. The van der Waals surface area contributed by atoms with E-state index in [0.717, 1.165) is 3.57 Å². The molecular formula is C18H14IN5O3. The van der Waals surface area contributed by atoms with Crippen LogP contribution in [0.2, 0.25) is 0 Å². The summed E-state index contributed by atoms with van der Waals surface area (Å²) in [5.74, 6) is 0.00190. The SMILES string of the molecule is CC(=O)c1cccc(Nc2ncnc(Nc3ccc(I)cc3)c2[N+](=O)[O-])c1. The number of aromatic nitrogens is 2. The number of carbonyl (C=O) groups excluding carboxylic acids is 1. The van der Waals surface area contributed by atoms with E-state index in [1.165, 1.54) is 13.3 Å². The van der Waals surface area contributed by atoms with Gasteiger partial charge in [-0.25, -0.2) is 9.97 Å². The molecule has 3 rings (SSSR count). The highest BCUT2D eigenvalue weighted by Crippen LogP contribution is 2.33. The first-order valence-corrected chi connectivity index (χ1v) is 8.92. The van der Waals surface area contributed by atoms with Crippen molar-refractivity contribution in [1.29, 1.82) is 0 Å². The van der Waals surface area contributed by atoms with Crippen LogP contribution in [0.25, 0.3) is 0 Å². The van der Waals surface area contributed by atoms with Crippen LogP contribution in [0.1, 0.15) is 17.3 Å². The molecule has 0 amide bonds. The third-order valence-electron chi connectivity index (χ3n) is 3.64. The van der Waals surface area contributed by atoms with Gasteiger partial charge in [-0.15, -0.1) is 0 Å². The molecule has 1 aromatic heterocycles. The fraction of sp³-hybridized carbons (Fsp3) is 0.0556. The van der Waals surface area contributed by atoms with Crippen LogP contribution >= 0.6 is 22.6 Å². The van der Waals surface area contributed by atoms with E-state index in [1.54, 1.807) is 36.4 Å². The normalized spacial score (nSPS) is 10.3. The number of rotatable bonds is 6. The summed E-state index contributed by atoms with van der Waals surface area (Å²) in [6.45, 7) is 1.45. The van der Waals surface area contributed by atoms with Crippen molar-refractivity contribution in [1.82, 2.24) is 9.97 Å². The molecule has 2 N–H and O–H groups in total. The molecule has 27 heavy (non-hydrogen) atoms. The van der Waals surface area contributed by atoms with E-state index >= 15 is 0 Å². The molecule has 9 heteroatoms. The molecule has 0 spiro atoms. The van der Waals surface area contributed by atoms with Crippen LogP contribution in [0.3, 0.4) is 0 Å². The fourth-order valence-electron chi connectivity index (χ4n) is 2.36. The maximum Gasteiger partial charge on any atom is 0.353 e. The van der Waals surface area contributed by atoms with Gasteiger partial charge in [-0.2, -0.15) is 0 Å². The summed E-state index contributed by atoms with van der Waals surface area (Å²) in [5, 5.41) is 17.5. The predicted molar refractivity (Wildman–Crippen MR) is 111 cm³/mol. The highest BCUT2D eigenvalue weighted by atomic mass is 127. The number of anilines is 4. The number of hydrogen-bond acceptors (Lipinski definition) is 7. The van der Waals surface area contributed by atoms with Gasteiger partial charge in [0.15, 0.2) is 5.78 Å². The van der Waals surface area contributed by atoms with E-state index < -0.39 is 4.92 Å². The fourth-order valence-corrected chi connectivity index (χ4v) is 2.72. The Bertz CT molecular complexity index is 1010. The van der Waals surface area contributed by atoms with Gasteiger partial charge in [0.05, 0.1) is 4.92 Å². The van der Waals surface area contributed by atoms with Gasteiger partial charge in [-0.3, -0.25) is 14.9 Å². The Morgan fingerprint density at radius 1 is 1.04 bits per heavy atom. The van der Waals surface area contributed by atoms with Gasteiger partial charge in [-0.05, 0) is 65.9 Å². The van der Waals surface area contributed by atoms with Gasteiger partial charge in [0.2, 0.25) is 11.6 Å². The van der Waals surface area contributed by atoms with Crippen molar-refractivity contribution in [3.8, 4) is 0 Å². The van der Waals surface area contributed by atoms with Gasteiger partial charge in [0, 0.05) is 20.5 Å². The molecule has 0 atom stereocenters. The van der Waals surface area contributed by atoms with Crippen LogP contribution in [0, 0.1) is 13.7 Å². The van der Waals surface area contributed by atoms with E-state index in [2.05, 4.69) is 43.2 Å². The quantitative estimate of drug-likeness (QED) is 0.231. The van der Waals surface area contributed by atoms with Gasteiger partial charge >= 0.3 is 5.69 Å². The zero-order chi connectivity index (χ0) is 19.4. The molecule has 0 aliphatic rings. The lowest BCUT2D eigenvalue weighted by atomic mass is 10.1. The third-order valence-corrected chi connectivity index (χ3v) is 4.36. The van der Waals surface area contributed by atoms with Crippen LogP contribution in [-0.4, -0.2) is 20.7 Å². The standard InChI is InChI=1S/C18H14IN5O3/c1-11(25)12-3-2-4-15(9-12)23-18-16(24(26)27)17(20-10-21-18)22-14-7-5-13(19)6-8-14/h2-10H,1H3,(H2,20,21,22,23). The average molecular weight is 475 g/mol. The lowest BCUT2D eigenvalue weighted by Crippen LogP contribution is -2.06. The van der Waals surface area contributed by atoms with Gasteiger partial charge in [0.1, 0.15) is 6.33 Å². The van der Waals surface area contributed by atoms with E-state index in [0.29, 0.717) is 16.9 Å². The summed E-state index contributed by atoms with van der Waals surface area (Å²) < 4.78 is 1.04. The highest BCUT2D eigenvalue weighted by molar-refractivity contribution is 14.1. The Hall–Kier alpha value is -3.08. The van der Waals surface area contributed by atoms with Crippen molar-refractivity contribution < 1.29 is 9.72 Å². The van der Waals surface area contributed by atoms with Gasteiger partial charge < -0.3 is 10.6 Å². The van der Waals surface area contributed by atoms with Crippen molar-refractivity contribution in [3.05, 3.63) is 74.1 Å². The lowest BCUT2D eigenvalue weighted by Gasteiger charge is -2.10. The van der Waals surface area contributed by atoms with Crippen molar-refractivity contribution in [2.75, 3.05) is 10.6 Å². The summed E-state index contributed by atoms with van der Waals surface area (Å²) in [6.07, 6.45) is 1.24. The molecule has 0 bridgehead atoms. The minimum Gasteiger partial charge on any atom is -0.334 e. The van der Waals surface area contributed by atoms with Crippen molar-refractivity contribution in [2.45, 2.75) is 6.92 Å². The number of hydrogen-bond donors (Lipinski definition) is 2. The second-order valence-corrected chi connectivity index (χ2v) is 6.82. The molecule has 136 valence electrons. The van der Waals surface area contributed by atoms with E-state index in [1.807, 2.05) is 12.1 Å². The Morgan fingerprint density at radius 2 is 1.67 bits per heavy atom. The van der Waals surface area contributed by atoms with Crippen LogP contribution in [0.4, 0.5) is 28.7 Å². The molecule has 0 fully saturated rings. The number of benzene rings is 2. The first-order valence-electron chi connectivity index (χ1n) is 7.84. The van der Waals surface area contributed by atoms with Crippen molar-refractivity contribution in [3.63, 3.8) is 0 Å². The molecule has 8 nitrogen and oxygen atoms in total. The maximum absolute atomic E-state index is 11.6. The molecule has 0 saturated heterocycles. The Kier molecular flexibility index (Phi) is 5.60. The van der Waals surface area contributed by atoms with Crippen molar-refractivity contribution in [2.24, 2.45) is 0 Å². The molecule has 0 saturated carbocycles. The summed E-state index contributed by atoms with van der Waals surface area (Å²) in [6, 6.07) is 14.0. The Balaban J connectivity index is 1.96. The second-order valence-electron chi connectivity index (χ2n) is 5.57. The molecular weight excluding hydrogens is 461 g/mol. The molecule has 3 aromatic rings. The van der Waals surface area contributed by atoms with E-state index in [-0.39, 0.29) is 23.1 Å². The monoisotopic (exact) mass is 475 g/mol. The molecule has 0 aliphatic heterocycles. The lowest BCUT2D eigenvalue weighted by molar-refractivity contribution is -0.383. The number of halogens is 1. The first kappa shape index (κ1) is 18.7. The largest absolute Gasteiger partial charge is 0.353 e. The molecule has 0 aliphatic carbocycles. The van der Waals surface area contributed by atoms with E-state index in [9.17, 15) is 14.9 Å². The predicted octanol–water partition coefficient (Wildman–Crippen LogP) is 4.68. The third kappa shape index (κ3) is 4.56. The topological polar surface area (TPSA) is 110 Å². The Morgan fingerprint density at radius 3 is 2.26 bits per heavy atom. The number of nitrogens with one attached hydrogen (secondary N) is 2.